The standard InChI is InChI=1S/C14H22N2/c1-11-6-7-13(14(9-11)16(2)3)12-5-4-8-15-10-12/h6-7,9,12,15H,4-5,8,10H2,1-3H3. The minimum Gasteiger partial charge on any atom is -0.377 e. The molecule has 0 spiro atoms. The molecule has 0 aromatic heterocycles. The van der Waals surface area contributed by atoms with Gasteiger partial charge >= 0.3 is 0 Å². The third-order valence-electron chi connectivity index (χ3n) is 3.40. The lowest BCUT2D eigenvalue weighted by Gasteiger charge is -2.28. The van der Waals surface area contributed by atoms with Crippen molar-refractivity contribution in [3.05, 3.63) is 29.3 Å². The van der Waals surface area contributed by atoms with Crippen molar-refractivity contribution in [2.45, 2.75) is 25.7 Å². The van der Waals surface area contributed by atoms with E-state index in [9.17, 15) is 0 Å². The van der Waals surface area contributed by atoms with Gasteiger partial charge in [0.2, 0.25) is 0 Å². The van der Waals surface area contributed by atoms with Crippen LogP contribution in [0.5, 0.6) is 0 Å². The second-order valence-corrected chi connectivity index (χ2v) is 5.00. The van der Waals surface area contributed by atoms with Crippen molar-refractivity contribution in [1.82, 2.24) is 5.32 Å². The van der Waals surface area contributed by atoms with Crippen molar-refractivity contribution in [2.75, 3.05) is 32.1 Å². The summed E-state index contributed by atoms with van der Waals surface area (Å²) in [7, 11) is 4.27. The highest BCUT2D eigenvalue weighted by Gasteiger charge is 2.18. The average molecular weight is 218 g/mol. The van der Waals surface area contributed by atoms with E-state index in [4.69, 9.17) is 0 Å². The zero-order valence-electron chi connectivity index (χ0n) is 10.6. The van der Waals surface area contributed by atoms with Gasteiger partial charge in [-0.05, 0) is 49.4 Å². The highest BCUT2D eigenvalue weighted by molar-refractivity contribution is 5.56. The number of piperidine rings is 1. The normalized spacial score (nSPS) is 20.8. The van der Waals surface area contributed by atoms with Gasteiger partial charge in [0.25, 0.3) is 0 Å². The summed E-state index contributed by atoms with van der Waals surface area (Å²) in [6, 6.07) is 6.84. The van der Waals surface area contributed by atoms with E-state index in [2.05, 4.69) is 49.4 Å². The Kier molecular flexibility index (Phi) is 3.49. The first-order chi connectivity index (χ1) is 7.68. The second-order valence-electron chi connectivity index (χ2n) is 5.00. The summed E-state index contributed by atoms with van der Waals surface area (Å²) in [6.07, 6.45) is 2.61. The zero-order chi connectivity index (χ0) is 11.5. The summed E-state index contributed by atoms with van der Waals surface area (Å²) in [6.45, 7) is 4.47. The largest absolute Gasteiger partial charge is 0.377 e. The molecule has 1 saturated heterocycles. The van der Waals surface area contributed by atoms with E-state index in [1.165, 1.54) is 36.2 Å². The fourth-order valence-corrected chi connectivity index (χ4v) is 2.50. The molecule has 1 heterocycles. The van der Waals surface area contributed by atoms with Gasteiger partial charge in [-0.15, -0.1) is 0 Å². The first-order valence-corrected chi connectivity index (χ1v) is 6.17. The minimum absolute atomic E-state index is 0.687. The van der Waals surface area contributed by atoms with Crippen LogP contribution in [0.4, 0.5) is 5.69 Å². The lowest BCUT2D eigenvalue weighted by molar-refractivity contribution is 0.462. The van der Waals surface area contributed by atoms with E-state index >= 15 is 0 Å². The van der Waals surface area contributed by atoms with Gasteiger partial charge in [-0.25, -0.2) is 0 Å². The molecule has 0 aliphatic carbocycles. The Bertz CT molecular complexity index is 352. The molecule has 1 aromatic rings. The number of hydrogen-bond acceptors (Lipinski definition) is 2. The molecule has 0 amide bonds. The molecular formula is C14H22N2. The molecule has 1 atom stereocenters. The Morgan fingerprint density at radius 2 is 2.12 bits per heavy atom. The molecule has 16 heavy (non-hydrogen) atoms. The molecule has 2 nitrogen and oxygen atoms in total. The molecule has 88 valence electrons. The first-order valence-electron chi connectivity index (χ1n) is 6.17. The highest BCUT2D eigenvalue weighted by atomic mass is 15.1. The number of anilines is 1. The maximum Gasteiger partial charge on any atom is 0.0399 e. The maximum atomic E-state index is 3.50. The number of nitrogens with zero attached hydrogens (tertiary/aromatic N) is 1. The van der Waals surface area contributed by atoms with E-state index in [1.807, 2.05) is 0 Å². The van der Waals surface area contributed by atoms with Gasteiger partial charge in [0.15, 0.2) is 0 Å². The summed E-state index contributed by atoms with van der Waals surface area (Å²) in [4.78, 5) is 2.23. The Morgan fingerprint density at radius 3 is 2.75 bits per heavy atom. The highest BCUT2D eigenvalue weighted by Crippen LogP contribution is 2.31. The van der Waals surface area contributed by atoms with Gasteiger partial charge in [-0.2, -0.15) is 0 Å². The number of nitrogens with one attached hydrogen (secondary N) is 1. The van der Waals surface area contributed by atoms with Gasteiger partial charge in [0.05, 0.1) is 0 Å². The van der Waals surface area contributed by atoms with E-state index in [0.717, 1.165) is 6.54 Å². The van der Waals surface area contributed by atoms with Crippen LogP contribution >= 0.6 is 0 Å². The lowest BCUT2D eigenvalue weighted by atomic mass is 9.89. The van der Waals surface area contributed by atoms with E-state index in [0.29, 0.717) is 5.92 Å². The van der Waals surface area contributed by atoms with Crippen molar-refractivity contribution < 1.29 is 0 Å². The van der Waals surface area contributed by atoms with Crippen molar-refractivity contribution in [2.24, 2.45) is 0 Å². The summed E-state index contributed by atoms with van der Waals surface area (Å²) < 4.78 is 0. The molecular weight excluding hydrogens is 196 g/mol. The predicted octanol–water partition coefficient (Wildman–Crippen LogP) is 2.53. The third-order valence-corrected chi connectivity index (χ3v) is 3.40. The summed E-state index contributed by atoms with van der Waals surface area (Å²) >= 11 is 0. The molecule has 0 radical (unpaired) electrons. The topological polar surface area (TPSA) is 15.3 Å². The number of rotatable bonds is 2. The quantitative estimate of drug-likeness (QED) is 0.820. The van der Waals surface area contributed by atoms with Gasteiger partial charge in [0.1, 0.15) is 0 Å². The molecule has 1 aromatic carbocycles. The van der Waals surface area contributed by atoms with Crippen molar-refractivity contribution in [3.8, 4) is 0 Å². The van der Waals surface area contributed by atoms with Crippen molar-refractivity contribution >= 4 is 5.69 Å². The van der Waals surface area contributed by atoms with Crippen LogP contribution in [0.3, 0.4) is 0 Å². The summed E-state index contributed by atoms with van der Waals surface area (Å²) in [5, 5.41) is 3.50. The maximum absolute atomic E-state index is 3.50. The number of benzene rings is 1. The second kappa shape index (κ2) is 4.88. The Morgan fingerprint density at radius 1 is 1.31 bits per heavy atom. The van der Waals surface area contributed by atoms with Crippen LogP contribution in [0.1, 0.15) is 29.9 Å². The lowest BCUT2D eigenvalue weighted by Crippen LogP contribution is -2.29. The van der Waals surface area contributed by atoms with Crippen LogP contribution in [-0.4, -0.2) is 27.2 Å². The molecule has 1 unspecified atom stereocenters. The molecule has 1 fully saturated rings. The van der Waals surface area contributed by atoms with Crippen LogP contribution in [-0.2, 0) is 0 Å². The summed E-state index contributed by atoms with van der Waals surface area (Å²) in [5.74, 6) is 0.687. The van der Waals surface area contributed by atoms with E-state index in [1.54, 1.807) is 0 Å². The predicted molar refractivity (Wildman–Crippen MR) is 70.4 cm³/mol. The van der Waals surface area contributed by atoms with Crippen LogP contribution < -0.4 is 10.2 Å². The van der Waals surface area contributed by atoms with Gasteiger partial charge in [-0.1, -0.05) is 12.1 Å². The van der Waals surface area contributed by atoms with Gasteiger partial charge in [-0.3, -0.25) is 0 Å². The summed E-state index contributed by atoms with van der Waals surface area (Å²) in [5.41, 5.74) is 4.23. The fourth-order valence-electron chi connectivity index (χ4n) is 2.50. The molecule has 1 aliphatic rings. The van der Waals surface area contributed by atoms with Crippen LogP contribution in [0, 0.1) is 6.92 Å². The van der Waals surface area contributed by atoms with Crippen molar-refractivity contribution in [1.29, 1.82) is 0 Å². The molecule has 2 heteroatoms. The Labute approximate surface area is 98.7 Å². The molecule has 1 aliphatic heterocycles. The molecule has 0 bridgehead atoms. The van der Waals surface area contributed by atoms with Crippen LogP contribution in [0.25, 0.3) is 0 Å². The first kappa shape index (κ1) is 11.5. The molecule has 1 N–H and O–H groups in total. The average Bonchev–Trinajstić information content (AvgIpc) is 2.30. The van der Waals surface area contributed by atoms with Gasteiger partial charge in [0, 0.05) is 26.3 Å². The number of aryl methyl sites for hydroxylation is 1. The minimum atomic E-state index is 0.687. The fraction of sp³-hybridized carbons (Fsp3) is 0.571. The molecule has 0 saturated carbocycles. The monoisotopic (exact) mass is 218 g/mol. The van der Waals surface area contributed by atoms with Crippen molar-refractivity contribution in [3.63, 3.8) is 0 Å². The zero-order valence-corrected chi connectivity index (χ0v) is 10.6. The number of hydrogen-bond donors (Lipinski definition) is 1. The van der Waals surface area contributed by atoms with Gasteiger partial charge < -0.3 is 10.2 Å². The molecule has 2 rings (SSSR count). The Balaban J connectivity index is 2.31. The van der Waals surface area contributed by atoms with E-state index < -0.39 is 0 Å². The van der Waals surface area contributed by atoms with Crippen LogP contribution in [0.2, 0.25) is 0 Å². The third kappa shape index (κ3) is 2.38. The smallest absolute Gasteiger partial charge is 0.0399 e. The van der Waals surface area contributed by atoms with E-state index in [-0.39, 0.29) is 0 Å². The Hall–Kier alpha value is -1.02. The van der Waals surface area contributed by atoms with Crippen LogP contribution in [0.15, 0.2) is 18.2 Å². The SMILES string of the molecule is Cc1ccc(C2CCCNC2)c(N(C)C)c1.